The van der Waals surface area contributed by atoms with Crippen LogP contribution in [0.5, 0.6) is 5.75 Å². The summed E-state index contributed by atoms with van der Waals surface area (Å²) < 4.78 is 44.9. The van der Waals surface area contributed by atoms with E-state index in [2.05, 4.69) is 9.71 Å². The highest BCUT2D eigenvalue weighted by Crippen LogP contribution is 2.28. The summed E-state index contributed by atoms with van der Waals surface area (Å²) in [6, 6.07) is 5.37. The van der Waals surface area contributed by atoms with E-state index in [1.807, 2.05) is 0 Å². The van der Waals surface area contributed by atoms with Crippen LogP contribution in [0.1, 0.15) is 0 Å². The monoisotopic (exact) mass is 316 g/mol. The Labute approximate surface area is 120 Å². The highest BCUT2D eigenvalue weighted by atomic mass is 35.5. The molecule has 0 aliphatic carbocycles. The first-order valence-electron chi connectivity index (χ1n) is 5.40. The maximum absolute atomic E-state index is 13.4. The fourth-order valence-corrected chi connectivity index (χ4v) is 3.06. The second kappa shape index (κ2) is 5.64. The number of ether oxygens (including phenoxy) is 1. The van der Waals surface area contributed by atoms with Crippen LogP contribution in [-0.4, -0.2) is 20.5 Å². The van der Waals surface area contributed by atoms with E-state index in [9.17, 15) is 12.8 Å². The van der Waals surface area contributed by atoms with Crippen LogP contribution in [0.4, 0.5) is 10.1 Å². The van der Waals surface area contributed by atoms with Crippen LogP contribution >= 0.6 is 11.6 Å². The molecule has 0 amide bonds. The first kappa shape index (κ1) is 14.5. The average Bonchev–Trinajstić information content (AvgIpc) is 2.41. The predicted octanol–water partition coefficient (Wildman–Crippen LogP) is 2.68. The largest absolute Gasteiger partial charge is 0.497 e. The summed E-state index contributed by atoms with van der Waals surface area (Å²) in [5.74, 6) is -0.458. The summed E-state index contributed by atoms with van der Waals surface area (Å²) in [5, 5.41) is 0.00719. The van der Waals surface area contributed by atoms with E-state index in [4.69, 9.17) is 16.3 Å². The van der Waals surface area contributed by atoms with Crippen molar-refractivity contribution in [3.05, 3.63) is 47.5 Å². The Kier molecular flexibility index (Phi) is 4.10. The molecular formula is C12H10ClFN2O3S. The van der Waals surface area contributed by atoms with Crippen molar-refractivity contribution >= 4 is 27.3 Å². The highest BCUT2D eigenvalue weighted by molar-refractivity contribution is 7.92. The van der Waals surface area contributed by atoms with Gasteiger partial charge in [-0.05, 0) is 18.2 Å². The molecule has 0 saturated carbocycles. The minimum absolute atomic E-state index is 0.00719. The lowest BCUT2D eigenvalue weighted by Gasteiger charge is -2.11. The summed E-state index contributed by atoms with van der Waals surface area (Å²) in [6.45, 7) is 0. The van der Waals surface area contributed by atoms with Gasteiger partial charge in [0.05, 0.1) is 24.0 Å². The van der Waals surface area contributed by atoms with E-state index in [1.165, 1.54) is 37.6 Å². The number of pyridine rings is 1. The number of anilines is 1. The van der Waals surface area contributed by atoms with Gasteiger partial charge in [0.1, 0.15) is 10.6 Å². The number of sulfonamides is 1. The molecule has 20 heavy (non-hydrogen) atoms. The SMILES string of the molecule is COc1ccc(Cl)c(S(=O)(=O)Nc2ccncc2F)c1. The Morgan fingerprint density at radius 3 is 2.75 bits per heavy atom. The lowest BCUT2D eigenvalue weighted by Crippen LogP contribution is -2.14. The van der Waals surface area contributed by atoms with Gasteiger partial charge in [0.2, 0.25) is 0 Å². The molecule has 0 aliphatic heterocycles. The Hall–Kier alpha value is -1.86. The van der Waals surface area contributed by atoms with Gasteiger partial charge in [-0.1, -0.05) is 11.6 Å². The zero-order chi connectivity index (χ0) is 14.8. The van der Waals surface area contributed by atoms with Gasteiger partial charge in [0.25, 0.3) is 10.0 Å². The molecule has 1 heterocycles. The van der Waals surface area contributed by atoms with Gasteiger partial charge in [-0.25, -0.2) is 12.8 Å². The molecule has 8 heteroatoms. The first-order valence-corrected chi connectivity index (χ1v) is 7.26. The number of hydrogen-bond donors (Lipinski definition) is 1. The summed E-state index contributed by atoms with van der Waals surface area (Å²) in [5.41, 5.74) is -0.209. The van der Waals surface area contributed by atoms with E-state index in [1.54, 1.807) is 0 Å². The van der Waals surface area contributed by atoms with Crippen molar-refractivity contribution < 1.29 is 17.5 Å². The Morgan fingerprint density at radius 2 is 2.10 bits per heavy atom. The number of hydrogen-bond acceptors (Lipinski definition) is 4. The Morgan fingerprint density at radius 1 is 1.35 bits per heavy atom. The van der Waals surface area contributed by atoms with E-state index >= 15 is 0 Å². The van der Waals surface area contributed by atoms with Crippen molar-refractivity contribution in [2.45, 2.75) is 4.90 Å². The van der Waals surface area contributed by atoms with Crippen molar-refractivity contribution in [2.24, 2.45) is 0 Å². The summed E-state index contributed by atoms with van der Waals surface area (Å²) in [7, 11) is -2.63. The molecule has 106 valence electrons. The summed E-state index contributed by atoms with van der Waals surface area (Å²) in [6.07, 6.45) is 2.18. The molecule has 0 aliphatic rings. The topological polar surface area (TPSA) is 68.3 Å². The normalized spacial score (nSPS) is 11.2. The second-order valence-corrected chi connectivity index (χ2v) is 5.82. The van der Waals surface area contributed by atoms with Crippen molar-refractivity contribution in [3.63, 3.8) is 0 Å². The van der Waals surface area contributed by atoms with Crippen LogP contribution < -0.4 is 9.46 Å². The lowest BCUT2D eigenvalue weighted by molar-refractivity contribution is 0.413. The number of benzene rings is 1. The van der Waals surface area contributed by atoms with Gasteiger partial charge in [-0.15, -0.1) is 0 Å². The molecule has 1 aromatic carbocycles. The average molecular weight is 317 g/mol. The number of methoxy groups -OCH3 is 1. The molecule has 0 bridgehead atoms. The van der Waals surface area contributed by atoms with Gasteiger partial charge >= 0.3 is 0 Å². The van der Waals surface area contributed by atoms with Gasteiger partial charge in [0, 0.05) is 12.3 Å². The molecule has 0 unspecified atom stereocenters. The lowest BCUT2D eigenvalue weighted by atomic mass is 10.3. The maximum Gasteiger partial charge on any atom is 0.263 e. The molecule has 1 aromatic heterocycles. The molecule has 2 rings (SSSR count). The van der Waals surface area contributed by atoms with E-state index in [-0.39, 0.29) is 15.6 Å². The summed E-state index contributed by atoms with van der Waals surface area (Å²) >= 11 is 5.86. The van der Waals surface area contributed by atoms with Gasteiger partial charge in [0.15, 0.2) is 5.82 Å². The molecule has 0 atom stereocenters. The zero-order valence-electron chi connectivity index (χ0n) is 10.3. The number of aromatic nitrogens is 1. The van der Waals surface area contributed by atoms with Crippen LogP contribution in [0.2, 0.25) is 5.02 Å². The fraction of sp³-hybridized carbons (Fsp3) is 0.0833. The van der Waals surface area contributed by atoms with Crippen molar-refractivity contribution in [1.82, 2.24) is 4.98 Å². The fourth-order valence-electron chi connectivity index (χ4n) is 1.47. The Balaban J connectivity index is 2.43. The van der Waals surface area contributed by atoms with Gasteiger partial charge in [-0.3, -0.25) is 9.71 Å². The quantitative estimate of drug-likeness (QED) is 0.941. The molecule has 0 spiro atoms. The molecule has 5 nitrogen and oxygen atoms in total. The molecule has 2 aromatic rings. The maximum atomic E-state index is 13.4. The highest BCUT2D eigenvalue weighted by Gasteiger charge is 2.20. The smallest absolute Gasteiger partial charge is 0.263 e. The number of nitrogens with zero attached hydrogens (tertiary/aromatic N) is 1. The third kappa shape index (κ3) is 3.00. The Bertz CT molecular complexity index is 737. The minimum Gasteiger partial charge on any atom is -0.497 e. The number of nitrogens with one attached hydrogen (secondary N) is 1. The zero-order valence-corrected chi connectivity index (χ0v) is 11.9. The third-order valence-electron chi connectivity index (χ3n) is 2.44. The second-order valence-electron chi connectivity index (χ2n) is 3.76. The standard InChI is InChI=1S/C12H10ClFN2O3S/c1-19-8-2-3-9(13)12(6-8)20(17,18)16-11-4-5-15-7-10(11)14/h2-7H,1H3,(H,15,16). The molecular weight excluding hydrogens is 307 g/mol. The first-order chi connectivity index (χ1) is 9.44. The van der Waals surface area contributed by atoms with E-state index in [0.29, 0.717) is 5.75 Å². The van der Waals surface area contributed by atoms with E-state index < -0.39 is 15.8 Å². The molecule has 0 fully saturated rings. The van der Waals surface area contributed by atoms with Crippen molar-refractivity contribution in [2.75, 3.05) is 11.8 Å². The molecule has 1 N–H and O–H groups in total. The van der Waals surface area contributed by atoms with Crippen LogP contribution in [0.3, 0.4) is 0 Å². The van der Waals surface area contributed by atoms with E-state index in [0.717, 1.165) is 6.20 Å². The number of rotatable bonds is 4. The van der Waals surface area contributed by atoms with Crippen LogP contribution in [-0.2, 0) is 10.0 Å². The molecule has 0 radical (unpaired) electrons. The third-order valence-corrected chi connectivity index (χ3v) is 4.29. The van der Waals surface area contributed by atoms with Gasteiger partial charge in [-0.2, -0.15) is 0 Å². The van der Waals surface area contributed by atoms with Crippen LogP contribution in [0.25, 0.3) is 0 Å². The predicted molar refractivity (Wildman–Crippen MR) is 73.0 cm³/mol. The molecule has 0 saturated heterocycles. The van der Waals surface area contributed by atoms with Crippen LogP contribution in [0, 0.1) is 5.82 Å². The van der Waals surface area contributed by atoms with Gasteiger partial charge < -0.3 is 4.74 Å². The minimum atomic E-state index is -4.03. The van der Waals surface area contributed by atoms with Crippen molar-refractivity contribution in [1.29, 1.82) is 0 Å². The number of halogens is 2. The summed E-state index contributed by atoms with van der Waals surface area (Å²) in [4.78, 5) is 3.34. The van der Waals surface area contributed by atoms with Crippen LogP contribution in [0.15, 0.2) is 41.6 Å². The van der Waals surface area contributed by atoms with Crippen molar-refractivity contribution in [3.8, 4) is 5.75 Å².